The van der Waals surface area contributed by atoms with Crippen LogP contribution in [0.4, 0.5) is 0 Å². The zero-order chi connectivity index (χ0) is 33.2. The number of aryl methyl sites for hydroxylation is 2. The molecule has 0 unspecified atom stereocenters. The van der Waals surface area contributed by atoms with Gasteiger partial charge in [0, 0.05) is 40.4 Å². The van der Waals surface area contributed by atoms with Crippen LogP contribution < -0.4 is 4.74 Å². The predicted molar refractivity (Wildman–Crippen MR) is 199 cm³/mol. The van der Waals surface area contributed by atoms with Crippen LogP contribution in [-0.4, -0.2) is 19.3 Å². The first-order valence-corrected chi connectivity index (χ1v) is 17.3. The SMILES string of the molecule is CCCCCCc1ccc2c(c1)c1ccc(Oc3cccc(-n4nc(C)c(-c5ccccc5)c4C)c3)cc1n2-c1cc(C(C)C)ccn1. The maximum Gasteiger partial charge on any atom is 0.137 e. The first-order chi connectivity index (χ1) is 23.4. The van der Waals surface area contributed by atoms with Crippen molar-refractivity contribution in [2.75, 3.05) is 0 Å². The van der Waals surface area contributed by atoms with Crippen LogP contribution in [0.3, 0.4) is 0 Å². The third kappa shape index (κ3) is 6.13. The van der Waals surface area contributed by atoms with Crippen molar-refractivity contribution in [2.45, 2.75) is 72.6 Å². The third-order valence-electron chi connectivity index (χ3n) is 9.44. The van der Waals surface area contributed by atoms with Crippen molar-refractivity contribution in [3.8, 4) is 34.1 Å². The first kappa shape index (κ1) is 31.4. The molecule has 5 nitrogen and oxygen atoms in total. The fourth-order valence-corrected chi connectivity index (χ4v) is 6.92. The second-order valence-corrected chi connectivity index (χ2v) is 13.2. The molecule has 0 N–H and O–H groups in total. The van der Waals surface area contributed by atoms with Crippen LogP contribution in [0.5, 0.6) is 11.5 Å². The molecular formula is C43H44N4O. The quantitative estimate of drug-likeness (QED) is 0.133. The lowest BCUT2D eigenvalue weighted by Gasteiger charge is -2.12. The lowest BCUT2D eigenvalue weighted by Crippen LogP contribution is -2.00. The molecular weight excluding hydrogens is 589 g/mol. The van der Waals surface area contributed by atoms with E-state index in [-0.39, 0.29) is 0 Å². The Hall–Kier alpha value is -5.16. The average Bonchev–Trinajstić information content (AvgIpc) is 3.59. The number of ether oxygens (including phenoxy) is 1. The van der Waals surface area contributed by atoms with Crippen LogP contribution in [0.15, 0.2) is 109 Å². The normalized spacial score (nSPS) is 11.6. The highest BCUT2D eigenvalue weighted by atomic mass is 16.5. The van der Waals surface area contributed by atoms with E-state index in [2.05, 4.69) is 124 Å². The zero-order valence-electron chi connectivity index (χ0n) is 28.7. The van der Waals surface area contributed by atoms with E-state index >= 15 is 0 Å². The van der Waals surface area contributed by atoms with Crippen LogP contribution in [0.2, 0.25) is 0 Å². The molecule has 0 saturated heterocycles. The lowest BCUT2D eigenvalue weighted by molar-refractivity contribution is 0.482. The highest BCUT2D eigenvalue weighted by Crippen LogP contribution is 2.37. The Labute approximate surface area is 283 Å². The average molecular weight is 633 g/mol. The summed E-state index contributed by atoms with van der Waals surface area (Å²) in [5, 5.41) is 7.38. The fraction of sp³-hybridized carbons (Fsp3) is 0.256. The van der Waals surface area contributed by atoms with Crippen LogP contribution >= 0.6 is 0 Å². The number of pyridine rings is 1. The summed E-state index contributed by atoms with van der Waals surface area (Å²) in [6, 6.07) is 36.4. The van der Waals surface area contributed by atoms with Crippen molar-refractivity contribution in [2.24, 2.45) is 0 Å². The van der Waals surface area contributed by atoms with Crippen LogP contribution in [-0.2, 0) is 6.42 Å². The Kier molecular flexibility index (Phi) is 8.86. The van der Waals surface area contributed by atoms with Crippen molar-refractivity contribution < 1.29 is 4.74 Å². The summed E-state index contributed by atoms with van der Waals surface area (Å²) in [6.45, 7) is 10.9. The van der Waals surface area contributed by atoms with Crippen LogP contribution in [0.25, 0.3) is 44.4 Å². The molecule has 0 atom stereocenters. The highest BCUT2D eigenvalue weighted by Gasteiger charge is 2.17. The van der Waals surface area contributed by atoms with E-state index in [0.717, 1.165) is 51.8 Å². The molecule has 4 aromatic carbocycles. The second kappa shape index (κ2) is 13.5. The number of hydrogen-bond acceptors (Lipinski definition) is 3. The Balaban J connectivity index is 1.27. The summed E-state index contributed by atoms with van der Waals surface area (Å²) in [4.78, 5) is 4.87. The molecule has 3 aromatic heterocycles. The number of nitrogens with zero attached hydrogens (tertiary/aromatic N) is 4. The van der Waals surface area contributed by atoms with Gasteiger partial charge in [0.05, 0.1) is 22.4 Å². The monoisotopic (exact) mass is 632 g/mol. The molecule has 0 aliphatic rings. The minimum atomic E-state index is 0.409. The molecule has 3 heterocycles. The fourth-order valence-electron chi connectivity index (χ4n) is 6.92. The van der Waals surface area contributed by atoms with Gasteiger partial charge in [-0.25, -0.2) is 9.67 Å². The molecule has 0 spiro atoms. The summed E-state index contributed by atoms with van der Waals surface area (Å²) in [6.07, 6.45) is 8.07. The van der Waals surface area contributed by atoms with E-state index in [9.17, 15) is 0 Å². The maximum atomic E-state index is 6.58. The molecule has 48 heavy (non-hydrogen) atoms. The largest absolute Gasteiger partial charge is 0.457 e. The van der Waals surface area contributed by atoms with E-state index < -0.39 is 0 Å². The van der Waals surface area contributed by atoms with Crippen molar-refractivity contribution in [1.29, 1.82) is 0 Å². The summed E-state index contributed by atoms with van der Waals surface area (Å²) >= 11 is 0. The Morgan fingerprint density at radius 2 is 1.56 bits per heavy atom. The van der Waals surface area contributed by atoms with Crippen molar-refractivity contribution in [3.05, 3.63) is 132 Å². The number of aromatic nitrogens is 4. The van der Waals surface area contributed by atoms with E-state index in [1.54, 1.807) is 0 Å². The lowest BCUT2D eigenvalue weighted by atomic mass is 10.0. The molecule has 7 rings (SSSR count). The molecule has 0 fully saturated rings. The first-order valence-electron chi connectivity index (χ1n) is 17.3. The van der Waals surface area contributed by atoms with Gasteiger partial charge in [-0.3, -0.25) is 4.57 Å². The van der Waals surface area contributed by atoms with Gasteiger partial charge in [0.2, 0.25) is 0 Å². The molecule has 0 aliphatic heterocycles. The van der Waals surface area contributed by atoms with Gasteiger partial charge in [-0.1, -0.05) is 82.5 Å². The standard InChI is InChI=1S/C43H44N4O/c1-6-7-8-10-14-32-19-22-40-39(25-32)38-21-20-37(28-41(38)46(40)42-26-34(29(2)3)23-24-44-42)48-36-18-13-17-35(27-36)47-31(5)43(30(4)45-47)33-15-11-9-12-16-33/h9,11-13,15-29H,6-8,10,14H2,1-5H3. The molecule has 0 amide bonds. The van der Waals surface area contributed by atoms with E-state index in [1.165, 1.54) is 58.7 Å². The number of benzene rings is 4. The molecule has 0 radical (unpaired) electrons. The van der Waals surface area contributed by atoms with Crippen molar-refractivity contribution in [1.82, 2.24) is 19.3 Å². The summed E-state index contributed by atoms with van der Waals surface area (Å²) in [5.41, 5.74) is 10.3. The van der Waals surface area contributed by atoms with Gasteiger partial charge in [0.25, 0.3) is 0 Å². The van der Waals surface area contributed by atoms with E-state index in [0.29, 0.717) is 5.92 Å². The zero-order valence-corrected chi connectivity index (χ0v) is 28.7. The van der Waals surface area contributed by atoms with Crippen molar-refractivity contribution in [3.63, 3.8) is 0 Å². The van der Waals surface area contributed by atoms with Gasteiger partial charge in [-0.05, 0) is 97.8 Å². The Morgan fingerprint density at radius 1 is 0.729 bits per heavy atom. The molecule has 5 heteroatoms. The highest BCUT2D eigenvalue weighted by molar-refractivity contribution is 6.09. The Morgan fingerprint density at radius 3 is 2.38 bits per heavy atom. The number of hydrogen-bond donors (Lipinski definition) is 0. The molecule has 0 saturated carbocycles. The number of unbranched alkanes of at least 4 members (excludes halogenated alkanes) is 3. The van der Waals surface area contributed by atoms with Gasteiger partial charge in [0.15, 0.2) is 0 Å². The smallest absolute Gasteiger partial charge is 0.137 e. The third-order valence-corrected chi connectivity index (χ3v) is 9.44. The Bertz CT molecular complexity index is 2210. The molecule has 0 aliphatic carbocycles. The summed E-state index contributed by atoms with van der Waals surface area (Å²) in [5.74, 6) is 2.88. The van der Waals surface area contributed by atoms with Gasteiger partial charge in [0.1, 0.15) is 17.3 Å². The van der Waals surface area contributed by atoms with E-state index in [4.69, 9.17) is 14.8 Å². The number of fused-ring (bicyclic) bond motifs is 3. The molecule has 242 valence electrons. The van der Waals surface area contributed by atoms with Crippen LogP contribution in [0, 0.1) is 13.8 Å². The van der Waals surface area contributed by atoms with Gasteiger partial charge < -0.3 is 4.74 Å². The topological polar surface area (TPSA) is 44.9 Å². The predicted octanol–water partition coefficient (Wildman–Crippen LogP) is 11.7. The number of rotatable bonds is 11. The molecule has 7 aromatic rings. The second-order valence-electron chi connectivity index (χ2n) is 13.2. The summed E-state index contributed by atoms with van der Waals surface area (Å²) < 4.78 is 10.9. The van der Waals surface area contributed by atoms with Gasteiger partial charge in [-0.2, -0.15) is 5.10 Å². The van der Waals surface area contributed by atoms with Crippen LogP contribution in [0.1, 0.15) is 74.9 Å². The van der Waals surface area contributed by atoms with Gasteiger partial charge in [-0.15, -0.1) is 0 Å². The van der Waals surface area contributed by atoms with Gasteiger partial charge >= 0.3 is 0 Å². The minimum absolute atomic E-state index is 0.409. The maximum absolute atomic E-state index is 6.58. The van der Waals surface area contributed by atoms with E-state index in [1.807, 2.05) is 29.1 Å². The summed E-state index contributed by atoms with van der Waals surface area (Å²) in [7, 11) is 0. The minimum Gasteiger partial charge on any atom is -0.457 e. The molecule has 0 bridgehead atoms. The van der Waals surface area contributed by atoms with Crippen molar-refractivity contribution >= 4 is 21.8 Å².